The summed E-state index contributed by atoms with van der Waals surface area (Å²) >= 11 is 0. The summed E-state index contributed by atoms with van der Waals surface area (Å²) in [5, 5.41) is 2.61. The fraction of sp³-hybridized carbons (Fsp3) is 0.214. The zero-order valence-electron chi connectivity index (χ0n) is 20.5. The van der Waals surface area contributed by atoms with Gasteiger partial charge in [-0.05, 0) is 79.2 Å². The Hall–Kier alpha value is -4.46. The predicted octanol–water partition coefficient (Wildman–Crippen LogP) is 4.79. The molecule has 0 fully saturated rings. The fourth-order valence-electron chi connectivity index (χ4n) is 3.49. The molecule has 0 saturated heterocycles. The maximum Gasteiger partial charge on any atom is 0.219 e. The lowest BCUT2D eigenvalue weighted by molar-refractivity contribution is -0.120. The molecule has 0 atom stereocenters. The minimum absolute atomic E-state index is 0.00381. The second-order valence-electron chi connectivity index (χ2n) is 7.91. The van der Waals surface area contributed by atoms with E-state index in [1.807, 2.05) is 72.8 Å². The van der Waals surface area contributed by atoms with E-state index in [1.165, 1.54) is 0 Å². The molecule has 0 aliphatic rings. The summed E-state index contributed by atoms with van der Waals surface area (Å²) in [5.74, 6) is 3.90. The average Bonchev–Trinajstić information content (AvgIpc) is 2.95. The number of aromatic nitrogens is 3. The van der Waals surface area contributed by atoms with E-state index >= 15 is 0 Å². The molecule has 36 heavy (non-hydrogen) atoms. The Morgan fingerprint density at radius 1 is 0.667 bits per heavy atom. The monoisotopic (exact) mass is 484 g/mol. The molecule has 1 heterocycles. The minimum atomic E-state index is 0.00381. The Balaban J connectivity index is 1.62. The molecule has 0 aliphatic carbocycles. The molecular weight excluding hydrogens is 456 g/mol. The molecule has 0 unspecified atom stereocenters. The number of ether oxygens (including phenoxy) is 3. The first-order valence-electron chi connectivity index (χ1n) is 11.6. The summed E-state index contributed by atoms with van der Waals surface area (Å²) in [6, 6.07) is 22.8. The molecule has 184 valence electrons. The first kappa shape index (κ1) is 24.7. The van der Waals surface area contributed by atoms with Crippen molar-refractivity contribution < 1.29 is 19.0 Å². The zero-order chi connectivity index (χ0) is 25.3. The Morgan fingerprint density at radius 2 is 1.06 bits per heavy atom. The molecule has 0 radical (unpaired) electrons. The predicted molar refractivity (Wildman–Crippen MR) is 138 cm³/mol. The highest BCUT2D eigenvalue weighted by Gasteiger charge is 2.13. The summed E-state index contributed by atoms with van der Waals surface area (Å²) in [6.07, 6.45) is 1.08. The second-order valence-corrected chi connectivity index (χ2v) is 7.91. The van der Waals surface area contributed by atoms with Gasteiger partial charge in [-0.15, -0.1) is 0 Å². The second kappa shape index (κ2) is 11.8. The summed E-state index contributed by atoms with van der Waals surface area (Å²) in [5.41, 5.74) is 2.54. The van der Waals surface area contributed by atoms with Crippen LogP contribution in [0.25, 0.3) is 34.2 Å². The summed E-state index contributed by atoms with van der Waals surface area (Å²) < 4.78 is 16.3. The summed E-state index contributed by atoms with van der Waals surface area (Å²) in [6.45, 7) is 0.460. The van der Waals surface area contributed by atoms with Gasteiger partial charge in [-0.3, -0.25) is 4.79 Å². The molecule has 0 bridgehead atoms. The van der Waals surface area contributed by atoms with Crippen LogP contribution < -0.4 is 19.5 Å². The first-order valence-corrected chi connectivity index (χ1v) is 11.6. The van der Waals surface area contributed by atoms with E-state index in [2.05, 4.69) is 5.32 Å². The highest BCUT2D eigenvalue weighted by Crippen LogP contribution is 2.27. The molecule has 0 saturated carbocycles. The van der Waals surface area contributed by atoms with E-state index in [0.29, 0.717) is 36.9 Å². The van der Waals surface area contributed by atoms with Crippen LogP contribution in [0.2, 0.25) is 0 Å². The molecule has 4 aromatic rings. The van der Waals surface area contributed by atoms with Crippen LogP contribution in [0.4, 0.5) is 0 Å². The maximum atomic E-state index is 11.4. The Kier molecular flexibility index (Phi) is 8.08. The van der Waals surface area contributed by atoms with Gasteiger partial charge in [0.1, 0.15) is 17.2 Å². The number of amides is 1. The van der Waals surface area contributed by atoms with E-state index in [-0.39, 0.29) is 5.91 Å². The number of rotatable bonds is 10. The lowest BCUT2D eigenvalue weighted by Crippen LogP contribution is -2.18. The van der Waals surface area contributed by atoms with E-state index in [4.69, 9.17) is 29.2 Å². The molecule has 8 heteroatoms. The van der Waals surface area contributed by atoms with Crippen molar-refractivity contribution in [3.8, 4) is 51.4 Å². The van der Waals surface area contributed by atoms with Gasteiger partial charge in [-0.2, -0.15) is 0 Å². The van der Waals surface area contributed by atoms with Crippen molar-refractivity contribution in [1.29, 1.82) is 0 Å². The van der Waals surface area contributed by atoms with E-state index < -0.39 is 0 Å². The van der Waals surface area contributed by atoms with Crippen LogP contribution in [0.5, 0.6) is 17.2 Å². The third-order valence-electron chi connectivity index (χ3n) is 5.54. The molecule has 4 rings (SSSR count). The van der Waals surface area contributed by atoms with Gasteiger partial charge in [0.05, 0.1) is 20.8 Å². The molecular formula is C28H28N4O4. The molecule has 1 amide bonds. The number of hydrogen-bond acceptors (Lipinski definition) is 7. The number of benzene rings is 3. The zero-order valence-corrected chi connectivity index (χ0v) is 20.5. The molecule has 1 aromatic heterocycles. The van der Waals surface area contributed by atoms with Gasteiger partial charge in [-0.1, -0.05) is 0 Å². The van der Waals surface area contributed by atoms with Crippen LogP contribution in [0.3, 0.4) is 0 Å². The van der Waals surface area contributed by atoms with Crippen molar-refractivity contribution in [2.75, 3.05) is 27.9 Å². The van der Waals surface area contributed by atoms with E-state index in [1.54, 1.807) is 21.3 Å². The lowest BCUT2D eigenvalue weighted by atomic mass is 10.1. The van der Waals surface area contributed by atoms with E-state index in [9.17, 15) is 4.79 Å². The van der Waals surface area contributed by atoms with Gasteiger partial charge in [0, 0.05) is 30.2 Å². The van der Waals surface area contributed by atoms with E-state index in [0.717, 1.165) is 33.9 Å². The van der Waals surface area contributed by atoms with Crippen LogP contribution in [-0.2, 0) is 4.79 Å². The number of carbonyl (C=O) groups excluding carboxylic acids is 1. The molecule has 8 nitrogen and oxygen atoms in total. The molecule has 1 N–H and O–H groups in total. The smallest absolute Gasteiger partial charge is 0.219 e. The van der Waals surface area contributed by atoms with Gasteiger partial charge in [0.25, 0.3) is 0 Å². The highest BCUT2D eigenvalue weighted by atomic mass is 16.5. The number of hydrogen-bond donors (Lipinski definition) is 1. The number of carbonyl (C=O) groups is 1. The number of nitrogens with one attached hydrogen (secondary N) is 1. The summed E-state index contributed by atoms with van der Waals surface area (Å²) in [4.78, 5) is 25.6. The molecule has 3 aromatic carbocycles. The van der Waals surface area contributed by atoms with Crippen LogP contribution in [-0.4, -0.2) is 48.7 Å². The number of nitrogens with zero attached hydrogens (tertiary/aromatic N) is 3. The Bertz CT molecular complexity index is 1230. The van der Waals surface area contributed by atoms with Crippen LogP contribution in [0.15, 0.2) is 72.8 Å². The summed E-state index contributed by atoms with van der Waals surface area (Å²) in [7, 11) is 4.89. The standard InChI is InChI=1S/C28H28N4O4/c1-29-25(33)5-4-18-36-24-16-10-21(11-17-24)28-31-26(19-6-12-22(34-2)13-7-19)30-27(32-28)20-8-14-23(35-3)15-9-20/h6-17H,4-5,18H2,1-3H3,(H,29,33). The number of methoxy groups -OCH3 is 2. The fourth-order valence-corrected chi connectivity index (χ4v) is 3.49. The minimum Gasteiger partial charge on any atom is -0.497 e. The van der Waals surface area contributed by atoms with Crippen molar-refractivity contribution in [2.45, 2.75) is 12.8 Å². The normalized spacial score (nSPS) is 10.5. The van der Waals surface area contributed by atoms with Crippen LogP contribution >= 0.6 is 0 Å². The van der Waals surface area contributed by atoms with Crippen molar-refractivity contribution in [2.24, 2.45) is 0 Å². The van der Waals surface area contributed by atoms with Crippen molar-refractivity contribution in [3.63, 3.8) is 0 Å². The SMILES string of the molecule is CNC(=O)CCCOc1ccc(-c2nc(-c3ccc(OC)cc3)nc(-c3ccc(OC)cc3)n2)cc1. The van der Waals surface area contributed by atoms with Crippen molar-refractivity contribution in [1.82, 2.24) is 20.3 Å². The quantitative estimate of drug-likeness (QED) is 0.323. The van der Waals surface area contributed by atoms with Gasteiger partial charge < -0.3 is 19.5 Å². The molecule has 0 aliphatic heterocycles. The topological polar surface area (TPSA) is 95.5 Å². The highest BCUT2D eigenvalue weighted by molar-refractivity contribution is 5.75. The third kappa shape index (κ3) is 6.15. The van der Waals surface area contributed by atoms with Crippen molar-refractivity contribution in [3.05, 3.63) is 72.8 Å². The van der Waals surface area contributed by atoms with Gasteiger partial charge in [0.15, 0.2) is 17.5 Å². The largest absolute Gasteiger partial charge is 0.497 e. The third-order valence-corrected chi connectivity index (χ3v) is 5.54. The van der Waals surface area contributed by atoms with Crippen LogP contribution in [0.1, 0.15) is 12.8 Å². The first-order chi connectivity index (χ1) is 17.6. The Labute approximate surface area is 210 Å². The lowest BCUT2D eigenvalue weighted by Gasteiger charge is -2.10. The Morgan fingerprint density at radius 3 is 1.42 bits per heavy atom. The van der Waals surface area contributed by atoms with Gasteiger partial charge in [-0.25, -0.2) is 15.0 Å². The van der Waals surface area contributed by atoms with Crippen LogP contribution in [0, 0.1) is 0 Å². The maximum absolute atomic E-state index is 11.4. The van der Waals surface area contributed by atoms with Gasteiger partial charge in [0.2, 0.25) is 5.91 Å². The average molecular weight is 485 g/mol. The van der Waals surface area contributed by atoms with Gasteiger partial charge >= 0.3 is 0 Å². The molecule has 0 spiro atoms. The van der Waals surface area contributed by atoms with Crippen molar-refractivity contribution >= 4 is 5.91 Å².